The molecule has 2 aromatic carbocycles. The molecule has 5 heteroatoms. The van der Waals surface area contributed by atoms with Gasteiger partial charge in [-0.15, -0.1) is 0 Å². The van der Waals surface area contributed by atoms with Crippen LogP contribution in [0.1, 0.15) is 10.4 Å². The third kappa shape index (κ3) is 3.11. The number of amides is 1. The Morgan fingerprint density at radius 1 is 1.05 bits per heavy atom. The van der Waals surface area contributed by atoms with Crippen molar-refractivity contribution in [3.8, 4) is 11.5 Å². The van der Waals surface area contributed by atoms with Gasteiger partial charge >= 0.3 is 0 Å². The maximum absolute atomic E-state index is 12.3. The van der Waals surface area contributed by atoms with Gasteiger partial charge < -0.3 is 14.8 Å². The summed E-state index contributed by atoms with van der Waals surface area (Å²) in [6.45, 7) is 0. The number of hydrogen-bond acceptors (Lipinski definition) is 3. The zero-order valence-electron chi connectivity index (χ0n) is 11.1. The minimum absolute atomic E-state index is 0.247. The first-order valence-electron chi connectivity index (χ1n) is 5.93. The zero-order chi connectivity index (χ0) is 14.5. The van der Waals surface area contributed by atoms with Gasteiger partial charge in [-0.3, -0.25) is 4.79 Å². The van der Waals surface area contributed by atoms with E-state index < -0.39 is 0 Å². The lowest BCUT2D eigenvalue weighted by atomic mass is 10.1. The van der Waals surface area contributed by atoms with Crippen LogP contribution in [0.15, 0.2) is 46.9 Å². The van der Waals surface area contributed by atoms with Crippen LogP contribution in [0.25, 0.3) is 0 Å². The highest BCUT2D eigenvalue weighted by Crippen LogP contribution is 2.31. The molecule has 0 saturated heterocycles. The molecule has 4 nitrogen and oxygen atoms in total. The Bertz CT molecular complexity index is 611. The predicted molar refractivity (Wildman–Crippen MR) is 81.6 cm³/mol. The number of hydrogen-bond donors (Lipinski definition) is 1. The van der Waals surface area contributed by atoms with E-state index in [0.717, 1.165) is 4.47 Å². The van der Waals surface area contributed by atoms with Crippen LogP contribution in [0, 0.1) is 0 Å². The first-order chi connectivity index (χ1) is 9.65. The molecule has 2 rings (SSSR count). The van der Waals surface area contributed by atoms with Crippen LogP contribution in [0.5, 0.6) is 11.5 Å². The lowest BCUT2D eigenvalue weighted by Crippen LogP contribution is -2.13. The molecular weight excluding hydrogens is 322 g/mol. The van der Waals surface area contributed by atoms with E-state index in [-0.39, 0.29) is 5.91 Å². The Morgan fingerprint density at radius 2 is 1.75 bits per heavy atom. The van der Waals surface area contributed by atoms with Crippen LogP contribution in [-0.4, -0.2) is 20.1 Å². The Hall–Kier alpha value is -2.01. The zero-order valence-corrected chi connectivity index (χ0v) is 12.7. The van der Waals surface area contributed by atoms with Crippen molar-refractivity contribution in [1.82, 2.24) is 0 Å². The number of benzene rings is 2. The lowest BCUT2D eigenvalue weighted by molar-refractivity contribution is 0.102. The van der Waals surface area contributed by atoms with Crippen LogP contribution in [0.3, 0.4) is 0 Å². The normalized spacial score (nSPS) is 9.95. The van der Waals surface area contributed by atoms with E-state index in [1.54, 1.807) is 18.2 Å². The number of para-hydroxylation sites is 1. The summed E-state index contributed by atoms with van der Waals surface area (Å²) < 4.78 is 11.4. The second-order valence-corrected chi connectivity index (χ2v) is 4.92. The van der Waals surface area contributed by atoms with E-state index in [9.17, 15) is 4.79 Å². The molecule has 0 aliphatic heterocycles. The van der Waals surface area contributed by atoms with Crippen molar-refractivity contribution >= 4 is 27.5 Å². The molecule has 20 heavy (non-hydrogen) atoms. The van der Waals surface area contributed by atoms with Crippen molar-refractivity contribution in [2.24, 2.45) is 0 Å². The average molecular weight is 336 g/mol. The molecule has 1 N–H and O–H groups in total. The van der Waals surface area contributed by atoms with Gasteiger partial charge in [0.05, 0.1) is 19.8 Å². The van der Waals surface area contributed by atoms with Gasteiger partial charge in [-0.05, 0) is 36.4 Å². The second kappa shape index (κ2) is 6.43. The Morgan fingerprint density at radius 3 is 2.35 bits per heavy atom. The van der Waals surface area contributed by atoms with E-state index in [2.05, 4.69) is 21.2 Å². The number of carbonyl (C=O) groups excluding carboxylic acids is 1. The standard InChI is InChI=1S/C15H14BrNO3/c1-19-13-5-3-4-12(14(13)20-2)15(18)17-11-8-6-10(16)7-9-11/h3-9H,1-2H3,(H,17,18). The third-order valence-electron chi connectivity index (χ3n) is 2.75. The summed E-state index contributed by atoms with van der Waals surface area (Å²) in [5.41, 5.74) is 1.14. The Labute approximate surface area is 125 Å². The van der Waals surface area contributed by atoms with E-state index in [1.807, 2.05) is 24.3 Å². The number of carbonyl (C=O) groups is 1. The fraction of sp³-hybridized carbons (Fsp3) is 0.133. The third-order valence-corrected chi connectivity index (χ3v) is 3.28. The van der Waals surface area contributed by atoms with Crippen molar-refractivity contribution in [3.63, 3.8) is 0 Å². The SMILES string of the molecule is COc1cccc(C(=O)Nc2ccc(Br)cc2)c1OC. The molecule has 0 fully saturated rings. The lowest BCUT2D eigenvalue weighted by Gasteiger charge is -2.12. The highest BCUT2D eigenvalue weighted by atomic mass is 79.9. The minimum atomic E-state index is -0.247. The molecule has 0 aliphatic rings. The number of ether oxygens (including phenoxy) is 2. The predicted octanol–water partition coefficient (Wildman–Crippen LogP) is 3.72. The van der Waals surface area contributed by atoms with Gasteiger partial charge in [0.25, 0.3) is 5.91 Å². The monoisotopic (exact) mass is 335 g/mol. The van der Waals surface area contributed by atoms with Gasteiger partial charge in [-0.2, -0.15) is 0 Å². The largest absolute Gasteiger partial charge is 0.493 e. The summed E-state index contributed by atoms with van der Waals surface area (Å²) in [7, 11) is 3.04. The van der Waals surface area contributed by atoms with E-state index in [0.29, 0.717) is 22.7 Å². The molecule has 0 bridgehead atoms. The molecule has 0 radical (unpaired) electrons. The average Bonchev–Trinajstić information content (AvgIpc) is 2.48. The fourth-order valence-corrected chi connectivity index (χ4v) is 2.06. The summed E-state index contributed by atoms with van der Waals surface area (Å²) in [6, 6.07) is 12.5. The number of anilines is 1. The fourth-order valence-electron chi connectivity index (χ4n) is 1.80. The van der Waals surface area contributed by atoms with Crippen molar-refractivity contribution in [1.29, 1.82) is 0 Å². The molecule has 0 unspecified atom stereocenters. The Kier molecular flexibility index (Phi) is 4.63. The minimum Gasteiger partial charge on any atom is -0.493 e. The number of rotatable bonds is 4. The van der Waals surface area contributed by atoms with Gasteiger partial charge in [-0.25, -0.2) is 0 Å². The van der Waals surface area contributed by atoms with Crippen LogP contribution in [-0.2, 0) is 0 Å². The molecule has 2 aromatic rings. The van der Waals surface area contributed by atoms with Crippen LogP contribution in [0.2, 0.25) is 0 Å². The summed E-state index contributed by atoms with van der Waals surface area (Å²) in [4.78, 5) is 12.3. The topological polar surface area (TPSA) is 47.6 Å². The van der Waals surface area contributed by atoms with Crippen molar-refractivity contribution < 1.29 is 14.3 Å². The molecule has 0 heterocycles. The molecular formula is C15H14BrNO3. The van der Waals surface area contributed by atoms with Crippen molar-refractivity contribution in [3.05, 3.63) is 52.5 Å². The second-order valence-electron chi connectivity index (χ2n) is 4.00. The van der Waals surface area contributed by atoms with Gasteiger partial charge in [0.15, 0.2) is 11.5 Å². The van der Waals surface area contributed by atoms with Crippen molar-refractivity contribution in [2.75, 3.05) is 19.5 Å². The highest BCUT2D eigenvalue weighted by molar-refractivity contribution is 9.10. The van der Waals surface area contributed by atoms with Crippen molar-refractivity contribution in [2.45, 2.75) is 0 Å². The smallest absolute Gasteiger partial charge is 0.259 e. The maximum Gasteiger partial charge on any atom is 0.259 e. The van der Waals surface area contributed by atoms with Gasteiger partial charge in [0, 0.05) is 10.2 Å². The number of halogens is 1. The molecule has 104 valence electrons. The van der Waals surface area contributed by atoms with Crippen LogP contribution in [0.4, 0.5) is 5.69 Å². The number of nitrogens with one attached hydrogen (secondary N) is 1. The molecule has 0 aromatic heterocycles. The quantitative estimate of drug-likeness (QED) is 0.926. The highest BCUT2D eigenvalue weighted by Gasteiger charge is 2.16. The summed E-state index contributed by atoms with van der Waals surface area (Å²) in [6.07, 6.45) is 0. The first kappa shape index (κ1) is 14.4. The van der Waals surface area contributed by atoms with Gasteiger partial charge in [-0.1, -0.05) is 22.0 Å². The van der Waals surface area contributed by atoms with Gasteiger partial charge in [0.2, 0.25) is 0 Å². The summed E-state index contributed by atoms with van der Waals surface area (Å²) in [5.74, 6) is 0.698. The summed E-state index contributed by atoms with van der Waals surface area (Å²) >= 11 is 3.35. The first-order valence-corrected chi connectivity index (χ1v) is 6.73. The van der Waals surface area contributed by atoms with Crippen LogP contribution >= 0.6 is 15.9 Å². The molecule has 1 amide bonds. The van der Waals surface area contributed by atoms with E-state index in [4.69, 9.17) is 9.47 Å². The molecule has 0 atom stereocenters. The molecule has 0 saturated carbocycles. The van der Waals surface area contributed by atoms with E-state index in [1.165, 1.54) is 14.2 Å². The molecule has 0 aliphatic carbocycles. The maximum atomic E-state index is 12.3. The van der Waals surface area contributed by atoms with Gasteiger partial charge in [0.1, 0.15) is 0 Å². The number of methoxy groups -OCH3 is 2. The summed E-state index contributed by atoms with van der Waals surface area (Å²) in [5, 5.41) is 2.82. The molecule has 0 spiro atoms. The van der Waals surface area contributed by atoms with E-state index >= 15 is 0 Å². The van der Waals surface area contributed by atoms with Crippen LogP contribution < -0.4 is 14.8 Å². The Balaban J connectivity index is 2.27.